The van der Waals surface area contributed by atoms with Gasteiger partial charge in [-0.3, -0.25) is 4.79 Å². The van der Waals surface area contributed by atoms with Crippen molar-refractivity contribution in [2.45, 2.75) is 85.0 Å². The van der Waals surface area contributed by atoms with Crippen molar-refractivity contribution in [2.75, 3.05) is 0 Å². The molecule has 0 aliphatic heterocycles. The number of hydrogen-bond acceptors (Lipinski definition) is 1. The first kappa shape index (κ1) is 15.2. The van der Waals surface area contributed by atoms with Crippen LogP contribution in [0.1, 0.15) is 85.0 Å². The van der Waals surface area contributed by atoms with E-state index in [0.29, 0.717) is 28.4 Å². The number of Topliss-reactive ketones (excluding diaryl/α,β-unsaturated/α-hetero) is 1. The van der Waals surface area contributed by atoms with Crippen LogP contribution in [0.2, 0.25) is 0 Å². The van der Waals surface area contributed by atoms with E-state index in [1.165, 1.54) is 51.4 Å². The fourth-order valence-electron chi connectivity index (χ4n) is 7.88. The molecular formula is C21H34O. The van der Waals surface area contributed by atoms with Crippen LogP contribution in [0.3, 0.4) is 0 Å². The summed E-state index contributed by atoms with van der Waals surface area (Å²) in [7, 11) is 0. The molecule has 0 aromatic heterocycles. The van der Waals surface area contributed by atoms with E-state index in [2.05, 4.69) is 20.8 Å². The monoisotopic (exact) mass is 302 g/mol. The van der Waals surface area contributed by atoms with Gasteiger partial charge in [0, 0.05) is 12.3 Å². The molecule has 0 aromatic rings. The molecule has 4 aliphatic rings. The first-order chi connectivity index (χ1) is 10.5. The highest BCUT2D eigenvalue weighted by Crippen LogP contribution is 2.67. The van der Waals surface area contributed by atoms with Crippen LogP contribution in [0.15, 0.2) is 0 Å². The van der Waals surface area contributed by atoms with Gasteiger partial charge in [-0.25, -0.2) is 0 Å². The van der Waals surface area contributed by atoms with E-state index in [4.69, 9.17) is 0 Å². The molecule has 0 spiro atoms. The smallest absolute Gasteiger partial charge is 0.136 e. The van der Waals surface area contributed by atoms with Crippen molar-refractivity contribution in [3.8, 4) is 0 Å². The molecule has 7 atom stereocenters. The average Bonchev–Trinajstić information content (AvgIpc) is 2.76. The molecule has 22 heavy (non-hydrogen) atoms. The summed E-state index contributed by atoms with van der Waals surface area (Å²) in [5.74, 6) is 4.46. The Hall–Kier alpha value is -0.330. The van der Waals surface area contributed by atoms with E-state index in [1.807, 2.05) is 0 Å². The van der Waals surface area contributed by atoms with E-state index in [0.717, 1.165) is 30.6 Å². The Morgan fingerprint density at radius 2 is 1.77 bits per heavy atom. The highest BCUT2D eigenvalue weighted by Gasteiger charge is 2.61. The normalized spacial score (nSPS) is 54.5. The molecule has 0 bridgehead atoms. The zero-order chi connectivity index (χ0) is 15.5. The molecule has 1 heteroatoms. The van der Waals surface area contributed by atoms with E-state index in [1.54, 1.807) is 0 Å². The van der Waals surface area contributed by atoms with Crippen molar-refractivity contribution < 1.29 is 4.79 Å². The standard InChI is InChI=1S/C21H34O/c1-4-16-19(22)13-18-15-9-8-14-7-5-6-11-20(14,2)17(15)10-12-21(16,18)3/h14-18H,4-13H2,1-3H3. The van der Waals surface area contributed by atoms with Gasteiger partial charge >= 0.3 is 0 Å². The lowest BCUT2D eigenvalue weighted by Gasteiger charge is -2.60. The zero-order valence-electron chi connectivity index (χ0n) is 14.9. The van der Waals surface area contributed by atoms with Crippen molar-refractivity contribution in [3.63, 3.8) is 0 Å². The van der Waals surface area contributed by atoms with Gasteiger partial charge in [0.1, 0.15) is 5.78 Å². The van der Waals surface area contributed by atoms with Gasteiger partial charge in [-0.05, 0) is 79.4 Å². The number of hydrogen-bond donors (Lipinski definition) is 0. The Morgan fingerprint density at radius 1 is 0.955 bits per heavy atom. The van der Waals surface area contributed by atoms with E-state index in [9.17, 15) is 4.79 Å². The van der Waals surface area contributed by atoms with E-state index < -0.39 is 0 Å². The van der Waals surface area contributed by atoms with Crippen LogP contribution in [0.5, 0.6) is 0 Å². The second kappa shape index (κ2) is 5.08. The summed E-state index contributed by atoms with van der Waals surface area (Å²) < 4.78 is 0. The van der Waals surface area contributed by atoms with Gasteiger partial charge in [0.25, 0.3) is 0 Å². The van der Waals surface area contributed by atoms with Crippen LogP contribution in [0, 0.1) is 40.4 Å². The van der Waals surface area contributed by atoms with Gasteiger partial charge in [-0.15, -0.1) is 0 Å². The Bertz CT molecular complexity index is 469. The number of ketones is 1. The second-order valence-corrected chi connectivity index (χ2v) is 9.58. The lowest BCUT2D eigenvalue weighted by atomic mass is 9.45. The van der Waals surface area contributed by atoms with Gasteiger partial charge in [0.05, 0.1) is 0 Å². The topological polar surface area (TPSA) is 17.1 Å². The Kier molecular flexibility index (Phi) is 3.51. The van der Waals surface area contributed by atoms with Gasteiger partial charge in [0.15, 0.2) is 0 Å². The second-order valence-electron chi connectivity index (χ2n) is 9.58. The van der Waals surface area contributed by atoms with Gasteiger partial charge in [-0.1, -0.05) is 33.6 Å². The van der Waals surface area contributed by atoms with Gasteiger partial charge in [0.2, 0.25) is 0 Å². The average molecular weight is 303 g/mol. The maximum absolute atomic E-state index is 12.6. The Morgan fingerprint density at radius 3 is 2.55 bits per heavy atom. The minimum atomic E-state index is 0.338. The molecule has 4 saturated carbocycles. The molecule has 0 aromatic carbocycles. The Balaban J connectivity index is 1.66. The highest BCUT2D eigenvalue weighted by atomic mass is 16.1. The molecule has 0 N–H and O–H groups in total. The third-order valence-corrected chi connectivity index (χ3v) is 9.03. The van der Waals surface area contributed by atoms with Crippen molar-refractivity contribution in [3.05, 3.63) is 0 Å². The molecule has 4 fully saturated rings. The SMILES string of the molecule is CCC1C(=O)CC2C3CCC4CCCCC4(C)C3CCC12C. The minimum Gasteiger partial charge on any atom is -0.299 e. The number of fused-ring (bicyclic) bond motifs is 5. The first-order valence-electron chi connectivity index (χ1n) is 10.0. The van der Waals surface area contributed by atoms with Crippen molar-refractivity contribution in [1.29, 1.82) is 0 Å². The number of carbonyl (C=O) groups excluding carboxylic acids is 1. The molecule has 124 valence electrons. The van der Waals surface area contributed by atoms with Crippen molar-refractivity contribution in [1.82, 2.24) is 0 Å². The molecule has 0 saturated heterocycles. The first-order valence-corrected chi connectivity index (χ1v) is 10.0. The lowest BCUT2D eigenvalue weighted by molar-refractivity contribution is -0.123. The van der Waals surface area contributed by atoms with Crippen molar-refractivity contribution in [2.24, 2.45) is 40.4 Å². The summed E-state index contributed by atoms with van der Waals surface area (Å²) in [6.45, 7) is 7.34. The molecule has 4 aliphatic carbocycles. The summed E-state index contributed by atoms with van der Waals surface area (Å²) in [6, 6.07) is 0. The van der Waals surface area contributed by atoms with Gasteiger partial charge in [-0.2, -0.15) is 0 Å². The number of rotatable bonds is 1. The third-order valence-electron chi connectivity index (χ3n) is 9.03. The molecule has 4 rings (SSSR count). The molecule has 0 heterocycles. The Labute approximate surface area is 136 Å². The fourth-order valence-corrected chi connectivity index (χ4v) is 7.88. The maximum Gasteiger partial charge on any atom is 0.136 e. The summed E-state index contributed by atoms with van der Waals surface area (Å²) >= 11 is 0. The maximum atomic E-state index is 12.6. The van der Waals surface area contributed by atoms with E-state index in [-0.39, 0.29) is 0 Å². The predicted molar refractivity (Wildman–Crippen MR) is 90.5 cm³/mol. The van der Waals surface area contributed by atoms with E-state index >= 15 is 0 Å². The van der Waals surface area contributed by atoms with Crippen LogP contribution in [0.4, 0.5) is 0 Å². The molecule has 0 radical (unpaired) electrons. The molecule has 1 nitrogen and oxygen atoms in total. The number of carbonyl (C=O) groups is 1. The van der Waals surface area contributed by atoms with Crippen molar-refractivity contribution >= 4 is 5.78 Å². The highest BCUT2D eigenvalue weighted by molar-refractivity contribution is 5.84. The largest absolute Gasteiger partial charge is 0.299 e. The quantitative estimate of drug-likeness (QED) is 0.614. The van der Waals surface area contributed by atoms with Crippen LogP contribution >= 0.6 is 0 Å². The summed E-state index contributed by atoms with van der Waals surface area (Å²) in [5, 5.41) is 0. The van der Waals surface area contributed by atoms with Crippen LogP contribution < -0.4 is 0 Å². The summed E-state index contributed by atoms with van der Waals surface area (Å²) in [5.41, 5.74) is 0.945. The molecule has 0 amide bonds. The van der Waals surface area contributed by atoms with Crippen LogP contribution in [0.25, 0.3) is 0 Å². The predicted octanol–water partition coefficient (Wildman–Crippen LogP) is 5.62. The van der Waals surface area contributed by atoms with Crippen LogP contribution in [-0.4, -0.2) is 5.78 Å². The minimum absolute atomic E-state index is 0.338. The third kappa shape index (κ3) is 1.86. The van der Waals surface area contributed by atoms with Crippen LogP contribution in [-0.2, 0) is 4.79 Å². The summed E-state index contributed by atoms with van der Waals surface area (Å²) in [6.07, 6.45) is 13.5. The zero-order valence-corrected chi connectivity index (χ0v) is 14.9. The fraction of sp³-hybridized carbons (Fsp3) is 0.952. The molecular weight excluding hydrogens is 268 g/mol. The lowest BCUT2D eigenvalue weighted by Crippen LogP contribution is -2.52. The molecule has 7 unspecified atom stereocenters. The van der Waals surface area contributed by atoms with Gasteiger partial charge < -0.3 is 0 Å². The summed E-state index contributed by atoms with van der Waals surface area (Å²) in [4.78, 5) is 12.6.